The zero-order valence-electron chi connectivity index (χ0n) is 12.0. The highest BCUT2D eigenvalue weighted by molar-refractivity contribution is 5.36. The van der Waals surface area contributed by atoms with Crippen molar-refractivity contribution < 1.29 is 9.47 Å². The lowest BCUT2D eigenvalue weighted by atomic mass is 9.87. The first-order valence-electron chi connectivity index (χ1n) is 7.36. The highest BCUT2D eigenvalue weighted by atomic mass is 16.5. The highest BCUT2D eigenvalue weighted by Crippen LogP contribution is 2.36. The molecule has 3 heteroatoms. The minimum absolute atomic E-state index is 0.000469. The van der Waals surface area contributed by atoms with Crippen molar-refractivity contribution in [3.8, 4) is 5.75 Å². The van der Waals surface area contributed by atoms with E-state index >= 15 is 0 Å². The second-order valence-corrected chi connectivity index (χ2v) is 5.18. The molecule has 0 aromatic heterocycles. The van der Waals surface area contributed by atoms with Crippen LogP contribution in [0.5, 0.6) is 5.75 Å². The predicted molar refractivity (Wildman–Crippen MR) is 77.3 cm³/mol. The van der Waals surface area contributed by atoms with Gasteiger partial charge in [0.25, 0.3) is 0 Å². The summed E-state index contributed by atoms with van der Waals surface area (Å²) in [6.07, 6.45) is 3.36. The molecule has 1 aliphatic rings. The van der Waals surface area contributed by atoms with Gasteiger partial charge in [0.2, 0.25) is 0 Å². The monoisotopic (exact) mass is 263 g/mol. The van der Waals surface area contributed by atoms with Gasteiger partial charge in [-0.1, -0.05) is 32.0 Å². The molecule has 0 amide bonds. The first-order valence-corrected chi connectivity index (χ1v) is 7.36. The summed E-state index contributed by atoms with van der Waals surface area (Å²) >= 11 is 0. The Morgan fingerprint density at radius 2 is 2.16 bits per heavy atom. The van der Waals surface area contributed by atoms with Crippen LogP contribution in [0, 0.1) is 5.92 Å². The van der Waals surface area contributed by atoms with Crippen molar-refractivity contribution in [1.82, 2.24) is 0 Å². The van der Waals surface area contributed by atoms with Gasteiger partial charge in [-0.15, -0.1) is 0 Å². The van der Waals surface area contributed by atoms with E-state index in [-0.39, 0.29) is 12.1 Å². The first-order chi connectivity index (χ1) is 9.27. The average Bonchev–Trinajstić information content (AvgIpc) is 2.93. The van der Waals surface area contributed by atoms with Crippen LogP contribution in [0.1, 0.15) is 44.7 Å². The van der Waals surface area contributed by atoms with E-state index in [1.165, 1.54) is 0 Å². The number of hydrogen-bond acceptors (Lipinski definition) is 3. The third kappa shape index (κ3) is 3.28. The molecule has 1 aliphatic heterocycles. The summed E-state index contributed by atoms with van der Waals surface area (Å²) in [6, 6.07) is 8.14. The van der Waals surface area contributed by atoms with Gasteiger partial charge < -0.3 is 15.2 Å². The van der Waals surface area contributed by atoms with Crippen LogP contribution in [0.15, 0.2) is 24.3 Å². The fraction of sp³-hybridized carbons (Fsp3) is 0.625. The maximum atomic E-state index is 6.48. The van der Waals surface area contributed by atoms with Gasteiger partial charge >= 0.3 is 0 Å². The molecular weight excluding hydrogens is 238 g/mol. The first kappa shape index (κ1) is 14.4. The number of para-hydroxylation sites is 1. The summed E-state index contributed by atoms with van der Waals surface area (Å²) in [5.41, 5.74) is 7.59. The van der Waals surface area contributed by atoms with E-state index in [4.69, 9.17) is 15.2 Å². The third-order valence-corrected chi connectivity index (χ3v) is 3.86. The second kappa shape index (κ2) is 6.92. The summed E-state index contributed by atoms with van der Waals surface area (Å²) < 4.78 is 11.6. The van der Waals surface area contributed by atoms with Gasteiger partial charge in [0, 0.05) is 24.1 Å². The van der Waals surface area contributed by atoms with Crippen LogP contribution in [0.25, 0.3) is 0 Å². The van der Waals surface area contributed by atoms with E-state index < -0.39 is 0 Å². The SMILES string of the molecule is CCCOc1ccccc1C(N)C1CCOC1CC. The standard InChI is InChI=1S/C16H25NO2/c1-3-10-18-15-8-6-5-7-12(15)16(17)13-9-11-19-14(13)4-2/h5-8,13-14,16H,3-4,9-11,17H2,1-2H3. The van der Waals surface area contributed by atoms with Gasteiger partial charge in [-0.05, 0) is 25.3 Å². The summed E-state index contributed by atoms with van der Waals surface area (Å²) in [5, 5.41) is 0. The summed E-state index contributed by atoms with van der Waals surface area (Å²) in [7, 11) is 0. The Morgan fingerprint density at radius 3 is 2.89 bits per heavy atom. The van der Waals surface area contributed by atoms with Crippen molar-refractivity contribution in [2.45, 2.75) is 45.3 Å². The van der Waals surface area contributed by atoms with E-state index in [1.54, 1.807) is 0 Å². The Kier molecular flexibility index (Phi) is 5.23. The molecular formula is C16H25NO2. The lowest BCUT2D eigenvalue weighted by molar-refractivity contribution is 0.0810. The van der Waals surface area contributed by atoms with Crippen LogP contribution in [-0.4, -0.2) is 19.3 Å². The van der Waals surface area contributed by atoms with Crippen molar-refractivity contribution in [2.75, 3.05) is 13.2 Å². The molecule has 1 heterocycles. The Bertz CT molecular complexity index is 394. The molecule has 0 radical (unpaired) electrons. The third-order valence-electron chi connectivity index (χ3n) is 3.86. The maximum absolute atomic E-state index is 6.48. The van der Waals surface area contributed by atoms with Crippen molar-refractivity contribution in [2.24, 2.45) is 11.7 Å². The summed E-state index contributed by atoms with van der Waals surface area (Å²) in [6.45, 7) is 5.84. The largest absolute Gasteiger partial charge is 0.493 e. The molecule has 1 aromatic carbocycles. The molecule has 3 unspecified atom stereocenters. The van der Waals surface area contributed by atoms with Gasteiger partial charge in [0.15, 0.2) is 0 Å². The van der Waals surface area contributed by atoms with Crippen LogP contribution in [0.3, 0.4) is 0 Å². The fourth-order valence-corrected chi connectivity index (χ4v) is 2.83. The Morgan fingerprint density at radius 1 is 1.37 bits per heavy atom. The van der Waals surface area contributed by atoms with E-state index in [2.05, 4.69) is 19.9 Å². The van der Waals surface area contributed by atoms with Gasteiger partial charge in [-0.25, -0.2) is 0 Å². The van der Waals surface area contributed by atoms with E-state index in [0.29, 0.717) is 5.92 Å². The number of benzene rings is 1. The number of nitrogens with two attached hydrogens (primary N) is 1. The van der Waals surface area contributed by atoms with Crippen LogP contribution < -0.4 is 10.5 Å². The molecule has 1 aromatic rings. The predicted octanol–water partition coefficient (Wildman–Crippen LogP) is 3.29. The molecule has 0 aliphatic carbocycles. The molecule has 106 valence electrons. The zero-order valence-corrected chi connectivity index (χ0v) is 12.0. The van der Waals surface area contributed by atoms with Crippen molar-refractivity contribution in [3.05, 3.63) is 29.8 Å². The molecule has 1 saturated heterocycles. The van der Waals surface area contributed by atoms with E-state index in [9.17, 15) is 0 Å². The highest BCUT2D eigenvalue weighted by Gasteiger charge is 2.33. The van der Waals surface area contributed by atoms with Gasteiger partial charge in [0.05, 0.1) is 12.7 Å². The molecule has 1 fully saturated rings. The van der Waals surface area contributed by atoms with E-state index in [1.807, 2.05) is 18.2 Å². The number of hydrogen-bond donors (Lipinski definition) is 1. The zero-order chi connectivity index (χ0) is 13.7. The minimum atomic E-state index is 0.000469. The second-order valence-electron chi connectivity index (χ2n) is 5.18. The Hall–Kier alpha value is -1.06. The molecule has 19 heavy (non-hydrogen) atoms. The fourth-order valence-electron chi connectivity index (χ4n) is 2.83. The Labute approximate surface area is 116 Å². The topological polar surface area (TPSA) is 44.5 Å². The lowest BCUT2D eigenvalue weighted by Gasteiger charge is -2.25. The molecule has 3 nitrogen and oxygen atoms in total. The lowest BCUT2D eigenvalue weighted by Crippen LogP contribution is -2.28. The van der Waals surface area contributed by atoms with Gasteiger partial charge in [-0.3, -0.25) is 0 Å². The maximum Gasteiger partial charge on any atom is 0.124 e. The van der Waals surface area contributed by atoms with Crippen LogP contribution in [-0.2, 0) is 4.74 Å². The van der Waals surface area contributed by atoms with E-state index in [0.717, 1.165) is 43.8 Å². The average molecular weight is 263 g/mol. The molecule has 0 spiro atoms. The number of rotatable bonds is 6. The van der Waals surface area contributed by atoms with Crippen LogP contribution >= 0.6 is 0 Å². The van der Waals surface area contributed by atoms with Crippen LogP contribution in [0.2, 0.25) is 0 Å². The minimum Gasteiger partial charge on any atom is -0.493 e. The normalized spacial score (nSPS) is 24.4. The van der Waals surface area contributed by atoms with Crippen molar-refractivity contribution >= 4 is 0 Å². The summed E-state index contributed by atoms with van der Waals surface area (Å²) in [4.78, 5) is 0. The molecule has 2 N–H and O–H groups in total. The van der Waals surface area contributed by atoms with Crippen molar-refractivity contribution in [1.29, 1.82) is 0 Å². The quantitative estimate of drug-likeness (QED) is 0.856. The van der Waals surface area contributed by atoms with Crippen molar-refractivity contribution in [3.63, 3.8) is 0 Å². The molecule has 0 saturated carbocycles. The molecule has 2 rings (SSSR count). The van der Waals surface area contributed by atoms with Gasteiger partial charge in [-0.2, -0.15) is 0 Å². The molecule has 0 bridgehead atoms. The Balaban J connectivity index is 2.15. The number of ether oxygens (including phenoxy) is 2. The summed E-state index contributed by atoms with van der Waals surface area (Å²) in [5.74, 6) is 1.33. The molecule has 3 atom stereocenters. The smallest absolute Gasteiger partial charge is 0.124 e. The van der Waals surface area contributed by atoms with Gasteiger partial charge in [0.1, 0.15) is 5.75 Å². The van der Waals surface area contributed by atoms with Crippen LogP contribution in [0.4, 0.5) is 0 Å².